The molecule has 108 valence electrons. The molecule has 1 amide bonds. The molecule has 0 bridgehead atoms. The Kier molecular flexibility index (Phi) is 5.29. The summed E-state index contributed by atoms with van der Waals surface area (Å²) in [4.78, 5) is 16.0. The topological polar surface area (TPSA) is 75.0 Å². The number of nitrogens with zero attached hydrogens (tertiary/aromatic N) is 2. The zero-order valence-corrected chi connectivity index (χ0v) is 12.4. The number of nitriles is 1. The molecule has 1 aromatic carbocycles. The summed E-state index contributed by atoms with van der Waals surface area (Å²) >= 11 is 1.59. The van der Waals surface area contributed by atoms with Gasteiger partial charge in [-0.3, -0.25) is 4.79 Å². The summed E-state index contributed by atoms with van der Waals surface area (Å²) < 4.78 is 5.34. The highest BCUT2D eigenvalue weighted by Crippen LogP contribution is 2.11. The van der Waals surface area contributed by atoms with E-state index in [-0.39, 0.29) is 12.5 Å². The maximum atomic E-state index is 11.6. The van der Waals surface area contributed by atoms with E-state index in [9.17, 15) is 4.79 Å². The summed E-state index contributed by atoms with van der Waals surface area (Å²) in [5.41, 5.74) is 1.57. The van der Waals surface area contributed by atoms with Crippen molar-refractivity contribution in [2.24, 2.45) is 0 Å². The van der Waals surface area contributed by atoms with Gasteiger partial charge in [0.25, 0.3) is 5.91 Å². The third-order valence-electron chi connectivity index (χ3n) is 2.68. The van der Waals surface area contributed by atoms with Crippen molar-refractivity contribution in [2.45, 2.75) is 13.3 Å². The highest BCUT2D eigenvalue weighted by atomic mass is 32.1. The van der Waals surface area contributed by atoms with Crippen LogP contribution in [0.15, 0.2) is 29.6 Å². The number of rotatable bonds is 6. The zero-order chi connectivity index (χ0) is 15.1. The fourth-order valence-electron chi connectivity index (χ4n) is 1.65. The fourth-order valence-corrected chi connectivity index (χ4v) is 2.43. The Morgan fingerprint density at radius 1 is 1.43 bits per heavy atom. The first kappa shape index (κ1) is 15.0. The number of carbonyl (C=O) groups excluding carboxylic acids is 1. The summed E-state index contributed by atoms with van der Waals surface area (Å²) in [5.74, 6) is 0.396. The van der Waals surface area contributed by atoms with Crippen LogP contribution in [-0.2, 0) is 11.2 Å². The molecule has 1 N–H and O–H groups in total. The van der Waals surface area contributed by atoms with E-state index in [0.29, 0.717) is 17.9 Å². The Bertz CT molecular complexity index is 644. The van der Waals surface area contributed by atoms with E-state index in [1.165, 1.54) is 0 Å². The number of amides is 1. The fraction of sp³-hybridized carbons (Fsp3) is 0.267. The second kappa shape index (κ2) is 7.41. The molecule has 21 heavy (non-hydrogen) atoms. The molecule has 1 heterocycles. The lowest BCUT2D eigenvalue weighted by Crippen LogP contribution is -2.30. The molecular formula is C15H15N3O2S. The molecule has 0 spiro atoms. The second-order valence-electron chi connectivity index (χ2n) is 4.41. The predicted octanol–water partition coefficient (Wildman–Crippen LogP) is 2.06. The lowest BCUT2D eigenvalue weighted by molar-refractivity contribution is -0.123. The Hall–Kier alpha value is -2.39. The average molecular weight is 301 g/mol. The van der Waals surface area contributed by atoms with Crippen molar-refractivity contribution in [3.8, 4) is 11.8 Å². The third-order valence-corrected chi connectivity index (χ3v) is 3.71. The van der Waals surface area contributed by atoms with Gasteiger partial charge in [0.05, 0.1) is 16.6 Å². The molecule has 0 aliphatic rings. The Balaban J connectivity index is 1.68. The number of benzene rings is 1. The normalized spacial score (nSPS) is 9.90. The van der Waals surface area contributed by atoms with Crippen molar-refractivity contribution in [3.05, 3.63) is 45.9 Å². The minimum atomic E-state index is -0.173. The number of hydrogen-bond acceptors (Lipinski definition) is 5. The van der Waals surface area contributed by atoms with Crippen LogP contribution in [0.25, 0.3) is 0 Å². The highest BCUT2D eigenvalue weighted by molar-refractivity contribution is 7.09. The van der Waals surface area contributed by atoms with Gasteiger partial charge >= 0.3 is 0 Å². The number of thiazole rings is 1. The summed E-state index contributed by atoms with van der Waals surface area (Å²) in [7, 11) is 0. The van der Waals surface area contributed by atoms with Gasteiger partial charge in [-0.2, -0.15) is 5.26 Å². The van der Waals surface area contributed by atoms with Crippen molar-refractivity contribution in [2.75, 3.05) is 13.2 Å². The van der Waals surface area contributed by atoms with E-state index in [4.69, 9.17) is 10.00 Å². The smallest absolute Gasteiger partial charge is 0.257 e. The first-order valence-electron chi connectivity index (χ1n) is 6.48. The van der Waals surface area contributed by atoms with E-state index in [1.54, 1.807) is 35.6 Å². The van der Waals surface area contributed by atoms with Gasteiger partial charge in [0.2, 0.25) is 0 Å². The van der Waals surface area contributed by atoms with Crippen LogP contribution in [0.1, 0.15) is 16.3 Å². The maximum absolute atomic E-state index is 11.6. The predicted molar refractivity (Wildman–Crippen MR) is 80.2 cm³/mol. The van der Waals surface area contributed by atoms with Gasteiger partial charge < -0.3 is 10.1 Å². The molecule has 2 aromatic rings. The largest absolute Gasteiger partial charge is 0.484 e. The van der Waals surface area contributed by atoms with Crippen LogP contribution in [0, 0.1) is 18.3 Å². The molecule has 0 saturated heterocycles. The van der Waals surface area contributed by atoms with E-state index in [0.717, 1.165) is 17.1 Å². The van der Waals surface area contributed by atoms with Gasteiger partial charge in [0, 0.05) is 24.0 Å². The van der Waals surface area contributed by atoms with Crippen LogP contribution < -0.4 is 10.1 Å². The monoisotopic (exact) mass is 301 g/mol. The standard InChI is InChI=1S/C15H15N3O2S/c1-11-10-21-15(18-11)6-7-17-14(19)9-20-13-4-2-12(8-16)3-5-13/h2-5,10H,6-7,9H2,1H3,(H,17,19). The van der Waals surface area contributed by atoms with Crippen LogP contribution in [-0.4, -0.2) is 24.0 Å². The lowest BCUT2D eigenvalue weighted by Gasteiger charge is -2.06. The number of ether oxygens (including phenoxy) is 1. The first-order chi connectivity index (χ1) is 10.2. The van der Waals surface area contributed by atoms with Gasteiger partial charge in [-0.05, 0) is 31.2 Å². The lowest BCUT2D eigenvalue weighted by atomic mass is 10.2. The third kappa shape index (κ3) is 4.89. The molecule has 0 saturated carbocycles. The molecule has 2 rings (SSSR count). The van der Waals surface area contributed by atoms with Crippen molar-refractivity contribution < 1.29 is 9.53 Å². The minimum absolute atomic E-state index is 0.0389. The molecule has 0 fully saturated rings. The zero-order valence-electron chi connectivity index (χ0n) is 11.6. The van der Waals surface area contributed by atoms with E-state index >= 15 is 0 Å². The summed E-state index contributed by atoms with van der Waals surface area (Å²) in [6, 6.07) is 8.67. The van der Waals surface area contributed by atoms with Crippen LogP contribution >= 0.6 is 11.3 Å². The number of aryl methyl sites for hydroxylation is 1. The highest BCUT2D eigenvalue weighted by Gasteiger charge is 2.04. The van der Waals surface area contributed by atoms with Crippen molar-refractivity contribution >= 4 is 17.2 Å². The molecule has 6 heteroatoms. The van der Waals surface area contributed by atoms with Crippen LogP contribution in [0.3, 0.4) is 0 Å². The van der Waals surface area contributed by atoms with E-state index in [2.05, 4.69) is 10.3 Å². The van der Waals surface area contributed by atoms with Gasteiger partial charge in [-0.25, -0.2) is 4.98 Å². The Labute approximate surface area is 127 Å². The number of carbonyl (C=O) groups is 1. The molecule has 0 radical (unpaired) electrons. The van der Waals surface area contributed by atoms with Gasteiger partial charge in [-0.1, -0.05) is 0 Å². The molecule has 5 nitrogen and oxygen atoms in total. The molecule has 0 unspecified atom stereocenters. The first-order valence-corrected chi connectivity index (χ1v) is 7.36. The number of nitrogens with one attached hydrogen (secondary N) is 1. The van der Waals surface area contributed by atoms with Gasteiger partial charge in [-0.15, -0.1) is 11.3 Å². The van der Waals surface area contributed by atoms with Gasteiger partial charge in [0.1, 0.15) is 5.75 Å². The molecule has 1 aromatic heterocycles. The molecular weight excluding hydrogens is 286 g/mol. The second-order valence-corrected chi connectivity index (χ2v) is 5.35. The summed E-state index contributed by atoms with van der Waals surface area (Å²) in [6.45, 7) is 2.45. The number of hydrogen-bond donors (Lipinski definition) is 1. The van der Waals surface area contributed by atoms with Gasteiger partial charge in [0.15, 0.2) is 6.61 Å². The van der Waals surface area contributed by atoms with Crippen LogP contribution in [0.2, 0.25) is 0 Å². The number of aromatic nitrogens is 1. The summed E-state index contributed by atoms with van der Waals surface area (Å²) in [5, 5.41) is 14.5. The Morgan fingerprint density at radius 3 is 2.81 bits per heavy atom. The van der Waals surface area contributed by atoms with E-state index < -0.39 is 0 Å². The SMILES string of the molecule is Cc1csc(CCNC(=O)COc2ccc(C#N)cc2)n1. The molecule has 0 aliphatic heterocycles. The Morgan fingerprint density at radius 2 is 2.19 bits per heavy atom. The minimum Gasteiger partial charge on any atom is -0.484 e. The van der Waals surface area contributed by atoms with Crippen molar-refractivity contribution in [1.82, 2.24) is 10.3 Å². The van der Waals surface area contributed by atoms with E-state index in [1.807, 2.05) is 18.4 Å². The quantitative estimate of drug-likeness (QED) is 0.886. The van der Waals surface area contributed by atoms with Crippen LogP contribution in [0.4, 0.5) is 0 Å². The van der Waals surface area contributed by atoms with Crippen molar-refractivity contribution in [3.63, 3.8) is 0 Å². The van der Waals surface area contributed by atoms with Crippen molar-refractivity contribution in [1.29, 1.82) is 5.26 Å². The summed E-state index contributed by atoms with van der Waals surface area (Å²) in [6.07, 6.45) is 0.723. The molecule has 0 aliphatic carbocycles. The van der Waals surface area contributed by atoms with Crippen LogP contribution in [0.5, 0.6) is 5.75 Å². The maximum Gasteiger partial charge on any atom is 0.257 e. The average Bonchev–Trinajstić information content (AvgIpc) is 2.91. The molecule has 0 atom stereocenters.